The van der Waals surface area contributed by atoms with Crippen molar-refractivity contribution in [1.82, 2.24) is 5.32 Å². The van der Waals surface area contributed by atoms with E-state index in [-0.39, 0.29) is 0 Å². The van der Waals surface area contributed by atoms with E-state index in [9.17, 15) is 4.79 Å². The molecule has 0 aliphatic carbocycles. The quantitative estimate of drug-likeness (QED) is 0.506. The fourth-order valence-corrected chi connectivity index (χ4v) is 1.25. The van der Waals surface area contributed by atoms with Crippen molar-refractivity contribution in [3.8, 4) is 0 Å². The number of carboxylic acids is 1. The minimum absolute atomic E-state index is 0.571. The van der Waals surface area contributed by atoms with E-state index in [1.54, 1.807) is 0 Å². The van der Waals surface area contributed by atoms with Crippen LogP contribution in [0, 0.1) is 5.92 Å². The van der Waals surface area contributed by atoms with Gasteiger partial charge in [0.2, 0.25) is 0 Å². The molecule has 15 heavy (non-hydrogen) atoms. The van der Waals surface area contributed by atoms with Crippen LogP contribution in [0.15, 0.2) is 0 Å². The molecule has 0 saturated heterocycles. The maximum atomic E-state index is 10.4. The first kappa shape index (κ1) is 14.4. The maximum absolute atomic E-state index is 10.4. The van der Waals surface area contributed by atoms with Crippen LogP contribution in [0.2, 0.25) is 0 Å². The number of hydrogen-bond acceptors (Lipinski definition) is 3. The molecule has 0 radical (unpaired) electrons. The zero-order valence-electron chi connectivity index (χ0n) is 9.83. The van der Waals surface area contributed by atoms with Crippen LogP contribution in [0.5, 0.6) is 0 Å². The van der Waals surface area contributed by atoms with Crippen LogP contribution in [-0.2, 0) is 4.79 Å². The molecule has 0 fully saturated rings. The molecular formula is C11H24N2O2. The molecular weight excluding hydrogens is 192 g/mol. The first-order chi connectivity index (χ1) is 7.04. The summed E-state index contributed by atoms with van der Waals surface area (Å²) in [6.07, 6.45) is 3.64. The fraction of sp³-hybridized carbons (Fsp3) is 0.909. The Kier molecular flexibility index (Phi) is 8.33. The predicted molar refractivity (Wildman–Crippen MR) is 61.8 cm³/mol. The highest BCUT2D eigenvalue weighted by Gasteiger charge is 2.09. The average Bonchev–Trinajstić information content (AvgIpc) is 2.15. The molecule has 0 bridgehead atoms. The standard InChI is InChI=1S/C11H24N2O2/c1-9(2)6-8-13-7-4-3-5-10(12)11(14)15/h9-10,13H,3-8,12H2,1-2H3,(H,14,15). The molecule has 0 aliphatic rings. The molecule has 1 atom stereocenters. The normalized spacial score (nSPS) is 13.1. The summed E-state index contributed by atoms with van der Waals surface area (Å²) in [7, 11) is 0. The van der Waals surface area contributed by atoms with E-state index in [4.69, 9.17) is 10.8 Å². The fourth-order valence-electron chi connectivity index (χ4n) is 1.25. The first-order valence-electron chi connectivity index (χ1n) is 5.73. The van der Waals surface area contributed by atoms with Gasteiger partial charge in [0.15, 0.2) is 0 Å². The zero-order valence-corrected chi connectivity index (χ0v) is 9.83. The Labute approximate surface area is 92.2 Å². The van der Waals surface area contributed by atoms with Gasteiger partial charge in [-0.3, -0.25) is 4.79 Å². The van der Waals surface area contributed by atoms with Gasteiger partial charge in [-0.05, 0) is 38.3 Å². The van der Waals surface area contributed by atoms with Gasteiger partial charge in [-0.1, -0.05) is 20.3 Å². The van der Waals surface area contributed by atoms with Crippen molar-refractivity contribution in [2.24, 2.45) is 11.7 Å². The number of nitrogens with two attached hydrogens (primary N) is 1. The Hall–Kier alpha value is -0.610. The van der Waals surface area contributed by atoms with Gasteiger partial charge < -0.3 is 16.2 Å². The van der Waals surface area contributed by atoms with E-state index in [1.807, 2.05) is 0 Å². The van der Waals surface area contributed by atoms with Crippen molar-refractivity contribution in [2.75, 3.05) is 13.1 Å². The lowest BCUT2D eigenvalue weighted by atomic mass is 10.1. The summed E-state index contributed by atoms with van der Waals surface area (Å²) < 4.78 is 0. The van der Waals surface area contributed by atoms with Gasteiger partial charge in [-0.15, -0.1) is 0 Å². The Bertz CT molecular complexity index is 172. The molecule has 90 valence electrons. The summed E-state index contributed by atoms with van der Waals surface area (Å²) in [5, 5.41) is 11.9. The number of nitrogens with one attached hydrogen (secondary N) is 1. The van der Waals surface area contributed by atoms with E-state index in [0.717, 1.165) is 31.8 Å². The van der Waals surface area contributed by atoms with Crippen LogP contribution in [-0.4, -0.2) is 30.2 Å². The molecule has 4 N–H and O–H groups in total. The molecule has 4 nitrogen and oxygen atoms in total. The van der Waals surface area contributed by atoms with Crippen LogP contribution < -0.4 is 11.1 Å². The van der Waals surface area contributed by atoms with Crippen molar-refractivity contribution >= 4 is 5.97 Å². The number of aliphatic carboxylic acids is 1. The number of unbranched alkanes of at least 4 members (excludes halogenated alkanes) is 1. The van der Waals surface area contributed by atoms with Gasteiger partial charge >= 0.3 is 5.97 Å². The Morgan fingerprint density at radius 3 is 2.47 bits per heavy atom. The van der Waals surface area contributed by atoms with Gasteiger partial charge in [-0.25, -0.2) is 0 Å². The molecule has 1 unspecified atom stereocenters. The molecule has 0 aromatic carbocycles. The van der Waals surface area contributed by atoms with Gasteiger partial charge in [0.1, 0.15) is 6.04 Å². The first-order valence-corrected chi connectivity index (χ1v) is 5.73. The number of hydrogen-bond donors (Lipinski definition) is 3. The lowest BCUT2D eigenvalue weighted by molar-refractivity contribution is -0.138. The molecule has 4 heteroatoms. The Morgan fingerprint density at radius 1 is 1.27 bits per heavy atom. The minimum atomic E-state index is -0.900. The van der Waals surface area contributed by atoms with E-state index in [2.05, 4.69) is 19.2 Å². The second-order valence-corrected chi connectivity index (χ2v) is 4.37. The van der Waals surface area contributed by atoms with Crippen molar-refractivity contribution in [3.63, 3.8) is 0 Å². The van der Waals surface area contributed by atoms with E-state index >= 15 is 0 Å². The third-order valence-electron chi connectivity index (χ3n) is 2.33. The molecule has 0 heterocycles. The molecule has 0 spiro atoms. The lowest BCUT2D eigenvalue weighted by Crippen LogP contribution is -2.30. The second kappa shape index (κ2) is 8.68. The molecule has 0 aromatic rings. The largest absolute Gasteiger partial charge is 0.480 e. The zero-order chi connectivity index (χ0) is 11.7. The van der Waals surface area contributed by atoms with Crippen LogP contribution in [0.25, 0.3) is 0 Å². The van der Waals surface area contributed by atoms with E-state index in [1.165, 1.54) is 6.42 Å². The highest BCUT2D eigenvalue weighted by atomic mass is 16.4. The Balaban J connectivity index is 3.15. The summed E-state index contributed by atoms with van der Waals surface area (Å²) >= 11 is 0. The monoisotopic (exact) mass is 216 g/mol. The minimum Gasteiger partial charge on any atom is -0.480 e. The third-order valence-corrected chi connectivity index (χ3v) is 2.33. The van der Waals surface area contributed by atoms with Crippen LogP contribution >= 0.6 is 0 Å². The molecule has 0 aromatic heterocycles. The van der Waals surface area contributed by atoms with Crippen LogP contribution in [0.3, 0.4) is 0 Å². The van der Waals surface area contributed by atoms with E-state index < -0.39 is 12.0 Å². The predicted octanol–water partition coefficient (Wildman–Crippen LogP) is 1.20. The Morgan fingerprint density at radius 2 is 1.93 bits per heavy atom. The third kappa shape index (κ3) is 9.69. The van der Waals surface area contributed by atoms with Crippen LogP contribution in [0.1, 0.15) is 39.5 Å². The van der Waals surface area contributed by atoms with Gasteiger partial charge in [0, 0.05) is 0 Å². The summed E-state index contributed by atoms with van der Waals surface area (Å²) in [6, 6.07) is -0.694. The SMILES string of the molecule is CC(C)CCNCCCCC(N)C(=O)O. The van der Waals surface area contributed by atoms with Crippen molar-refractivity contribution < 1.29 is 9.90 Å². The van der Waals surface area contributed by atoms with Crippen molar-refractivity contribution in [2.45, 2.75) is 45.6 Å². The van der Waals surface area contributed by atoms with Crippen molar-refractivity contribution in [3.05, 3.63) is 0 Å². The molecule has 0 saturated carbocycles. The summed E-state index contributed by atoms with van der Waals surface area (Å²) in [4.78, 5) is 10.4. The summed E-state index contributed by atoms with van der Waals surface area (Å²) in [5.41, 5.74) is 5.38. The van der Waals surface area contributed by atoms with Crippen LogP contribution in [0.4, 0.5) is 0 Å². The van der Waals surface area contributed by atoms with Gasteiger partial charge in [0.05, 0.1) is 0 Å². The highest BCUT2D eigenvalue weighted by Crippen LogP contribution is 1.99. The van der Waals surface area contributed by atoms with Gasteiger partial charge in [-0.2, -0.15) is 0 Å². The number of carbonyl (C=O) groups is 1. The summed E-state index contributed by atoms with van der Waals surface area (Å²) in [5.74, 6) is -0.166. The number of rotatable bonds is 9. The lowest BCUT2D eigenvalue weighted by Gasteiger charge is -2.08. The van der Waals surface area contributed by atoms with Crippen molar-refractivity contribution in [1.29, 1.82) is 0 Å². The average molecular weight is 216 g/mol. The number of carboxylic acid groups (broad SMARTS) is 1. The van der Waals surface area contributed by atoms with Gasteiger partial charge in [0.25, 0.3) is 0 Å². The van der Waals surface area contributed by atoms with E-state index in [0.29, 0.717) is 6.42 Å². The summed E-state index contributed by atoms with van der Waals surface area (Å²) in [6.45, 7) is 6.41. The topological polar surface area (TPSA) is 75.3 Å². The highest BCUT2D eigenvalue weighted by molar-refractivity contribution is 5.72. The maximum Gasteiger partial charge on any atom is 0.320 e. The molecule has 0 amide bonds. The molecule has 0 rings (SSSR count). The smallest absolute Gasteiger partial charge is 0.320 e. The second-order valence-electron chi connectivity index (χ2n) is 4.37. The molecule has 0 aliphatic heterocycles.